The molecule has 2 aliphatic carbocycles. The summed E-state index contributed by atoms with van der Waals surface area (Å²) in [7, 11) is -3.54. The van der Waals surface area contributed by atoms with Crippen molar-refractivity contribution in [3.8, 4) is 0 Å². The highest BCUT2D eigenvalue weighted by molar-refractivity contribution is 7.89. The van der Waals surface area contributed by atoms with E-state index in [9.17, 15) is 23.1 Å². The predicted octanol–water partition coefficient (Wildman–Crippen LogP) is 1.31. The molecule has 2 atom stereocenters. The lowest BCUT2D eigenvalue weighted by molar-refractivity contribution is -0.142. The van der Waals surface area contributed by atoms with Crippen LogP contribution in [-0.2, 0) is 14.8 Å². The molecule has 1 amide bonds. The Balaban J connectivity index is 1.47. The van der Waals surface area contributed by atoms with Gasteiger partial charge in [-0.15, -0.1) is 0 Å². The van der Waals surface area contributed by atoms with Gasteiger partial charge in [-0.2, -0.15) is 0 Å². The van der Waals surface area contributed by atoms with Gasteiger partial charge in [0.1, 0.15) is 0 Å². The summed E-state index contributed by atoms with van der Waals surface area (Å²) in [5.74, 6) is -1.15. The van der Waals surface area contributed by atoms with Crippen LogP contribution in [0.15, 0.2) is 29.2 Å². The number of aliphatic carboxylic acids is 1. The van der Waals surface area contributed by atoms with Gasteiger partial charge in [0.2, 0.25) is 10.0 Å². The molecule has 7 nitrogen and oxygen atoms in total. The Kier molecular flexibility index (Phi) is 4.27. The van der Waals surface area contributed by atoms with Crippen LogP contribution in [0.25, 0.3) is 0 Å². The Bertz CT molecular complexity index is 828. The summed E-state index contributed by atoms with van der Waals surface area (Å²) in [6.07, 6.45) is 3.80. The van der Waals surface area contributed by atoms with Crippen LogP contribution in [0.2, 0.25) is 0 Å². The van der Waals surface area contributed by atoms with Crippen LogP contribution in [0.5, 0.6) is 0 Å². The number of hydrogen-bond acceptors (Lipinski definition) is 4. The van der Waals surface area contributed by atoms with E-state index in [1.54, 1.807) is 4.90 Å². The van der Waals surface area contributed by atoms with Gasteiger partial charge in [0.15, 0.2) is 0 Å². The van der Waals surface area contributed by atoms with E-state index in [0.717, 1.165) is 25.7 Å². The summed E-state index contributed by atoms with van der Waals surface area (Å²) < 4.78 is 27.0. The first kappa shape index (κ1) is 17.5. The predicted molar refractivity (Wildman–Crippen MR) is 93.0 cm³/mol. The van der Waals surface area contributed by atoms with Crippen molar-refractivity contribution in [1.82, 2.24) is 9.62 Å². The standard InChI is InChI=1S/C18H22N2O5S/c21-17(20-9-15(11-1-2-11)16(10-20)18(22)23)12-3-7-14(8-4-12)26(24,25)19-13-5-6-13/h3-4,7-8,11,13,15-16,19H,1-2,5-6,9-10H2,(H,22,23)/t15-,16+/m1/s1. The van der Waals surface area contributed by atoms with E-state index in [-0.39, 0.29) is 29.3 Å². The minimum atomic E-state index is -3.54. The molecule has 3 aliphatic rings. The molecular formula is C18H22N2O5S. The van der Waals surface area contributed by atoms with Gasteiger partial charge in [-0.25, -0.2) is 13.1 Å². The van der Waals surface area contributed by atoms with Crippen LogP contribution in [0, 0.1) is 17.8 Å². The molecule has 3 fully saturated rings. The number of likely N-dealkylation sites (tertiary alicyclic amines) is 1. The maximum Gasteiger partial charge on any atom is 0.308 e. The molecule has 0 aromatic heterocycles. The molecule has 1 aromatic rings. The largest absolute Gasteiger partial charge is 0.481 e. The van der Waals surface area contributed by atoms with Crippen LogP contribution in [0.1, 0.15) is 36.0 Å². The van der Waals surface area contributed by atoms with Crippen LogP contribution in [0.3, 0.4) is 0 Å². The van der Waals surface area contributed by atoms with E-state index in [2.05, 4.69) is 4.72 Å². The highest BCUT2D eigenvalue weighted by atomic mass is 32.2. The lowest BCUT2D eigenvalue weighted by Gasteiger charge is -2.16. The fraction of sp³-hybridized carbons (Fsp3) is 0.556. The molecule has 0 spiro atoms. The molecule has 0 radical (unpaired) electrons. The Hall–Kier alpha value is -1.93. The second-order valence-electron chi connectivity index (χ2n) is 7.58. The third-order valence-electron chi connectivity index (χ3n) is 5.51. The number of rotatable bonds is 6. The first-order valence-electron chi connectivity index (χ1n) is 8.99. The number of benzene rings is 1. The Morgan fingerprint density at radius 2 is 1.69 bits per heavy atom. The van der Waals surface area contributed by atoms with Crippen molar-refractivity contribution >= 4 is 21.9 Å². The minimum absolute atomic E-state index is 0.0261. The number of sulfonamides is 1. The second-order valence-corrected chi connectivity index (χ2v) is 9.29. The first-order chi connectivity index (χ1) is 12.3. The maximum absolute atomic E-state index is 12.7. The minimum Gasteiger partial charge on any atom is -0.481 e. The zero-order valence-corrected chi connectivity index (χ0v) is 15.1. The average Bonchev–Trinajstić information content (AvgIpc) is 3.54. The van der Waals surface area contributed by atoms with Crippen molar-refractivity contribution in [2.45, 2.75) is 36.6 Å². The van der Waals surface area contributed by atoms with Crippen LogP contribution in [-0.4, -0.2) is 49.4 Å². The van der Waals surface area contributed by atoms with E-state index in [1.165, 1.54) is 24.3 Å². The van der Waals surface area contributed by atoms with Gasteiger partial charge in [0.25, 0.3) is 5.91 Å². The normalized spacial score (nSPS) is 26.1. The summed E-state index contributed by atoms with van der Waals surface area (Å²) in [5.41, 5.74) is 0.385. The fourth-order valence-electron chi connectivity index (χ4n) is 3.71. The summed E-state index contributed by atoms with van der Waals surface area (Å²) in [5, 5.41) is 9.42. The number of carboxylic acids is 1. The number of nitrogens with zero attached hydrogens (tertiary/aromatic N) is 1. The molecule has 2 N–H and O–H groups in total. The molecule has 1 aliphatic heterocycles. The van der Waals surface area contributed by atoms with Gasteiger partial charge >= 0.3 is 5.97 Å². The third-order valence-corrected chi connectivity index (χ3v) is 7.04. The number of carbonyl (C=O) groups excluding carboxylic acids is 1. The van der Waals surface area contributed by atoms with Gasteiger partial charge in [-0.1, -0.05) is 0 Å². The smallest absolute Gasteiger partial charge is 0.308 e. The Morgan fingerprint density at radius 3 is 2.23 bits per heavy atom. The van der Waals surface area contributed by atoms with Crippen molar-refractivity contribution in [3.05, 3.63) is 29.8 Å². The zero-order chi connectivity index (χ0) is 18.5. The van der Waals surface area contributed by atoms with Crippen molar-refractivity contribution in [2.75, 3.05) is 13.1 Å². The average molecular weight is 378 g/mol. The van der Waals surface area contributed by atoms with Crippen molar-refractivity contribution in [1.29, 1.82) is 0 Å². The number of carbonyl (C=O) groups is 2. The summed E-state index contributed by atoms with van der Waals surface area (Å²) in [4.78, 5) is 25.9. The second kappa shape index (κ2) is 6.35. The van der Waals surface area contributed by atoms with Crippen LogP contribution < -0.4 is 4.72 Å². The van der Waals surface area contributed by atoms with Crippen LogP contribution >= 0.6 is 0 Å². The molecule has 2 saturated carbocycles. The van der Waals surface area contributed by atoms with Gasteiger partial charge in [0.05, 0.1) is 10.8 Å². The summed E-state index contributed by atoms with van der Waals surface area (Å²) in [6, 6.07) is 5.90. The molecule has 26 heavy (non-hydrogen) atoms. The highest BCUT2D eigenvalue weighted by Crippen LogP contribution is 2.44. The number of hydrogen-bond donors (Lipinski definition) is 2. The Morgan fingerprint density at radius 1 is 1.04 bits per heavy atom. The van der Waals surface area contributed by atoms with E-state index in [0.29, 0.717) is 18.0 Å². The van der Waals surface area contributed by atoms with Crippen molar-refractivity contribution < 1.29 is 23.1 Å². The summed E-state index contributed by atoms with van der Waals surface area (Å²) in [6.45, 7) is 0.683. The molecule has 1 aromatic carbocycles. The monoisotopic (exact) mass is 378 g/mol. The molecular weight excluding hydrogens is 356 g/mol. The van der Waals surface area contributed by atoms with E-state index in [1.807, 2.05) is 0 Å². The van der Waals surface area contributed by atoms with E-state index >= 15 is 0 Å². The fourth-order valence-corrected chi connectivity index (χ4v) is 5.01. The van der Waals surface area contributed by atoms with Crippen molar-refractivity contribution in [2.24, 2.45) is 17.8 Å². The SMILES string of the molecule is O=C(O)[C@H]1CN(C(=O)c2ccc(S(=O)(=O)NC3CC3)cc2)C[C@@H]1C1CC1. The molecule has 1 heterocycles. The number of carboxylic acid groups (broad SMARTS) is 1. The first-order valence-corrected chi connectivity index (χ1v) is 10.5. The molecule has 140 valence electrons. The quantitative estimate of drug-likeness (QED) is 0.777. The maximum atomic E-state index is 12.7. The lowest BCUT2D eigenvalue weighted by Crippen LogP contribution is -2.30. The summed E-state index contributed by atoms with van der Waals surface area (Å²) >= 11 is 0. The van der Waals surface area contributed by atoms with Gasteiger partial charge < -0.3 is 10.0 Å². The van der Waals surface area contributed by atoms with Crippen LogP contribution in [0.4, 0.5) is 0 Å². The van der Waals surface area contributed by atoms with Gasteiger partial charge in [-0.3, -0.25) is 9.59 Å². The van der Waals surface area contributed by atoms with Crippen molar-refractivity contribution in [3.63, 3.8) is 0 Å². The third kappa shape index (κ3) is 3.48. The molecule has 4 rings (SSSR count). The zero-order valence-electron chi connectivity index (χ0n) is 14.3. The van der Waals surface area contributed by atoms with Gasteiger partial charge in [0, 0.05) is 24.7 Å². The van der Waals surface area contributed by atoms with E-state index in [4.69, 9.17) is 0 Å². The number of nitrogens with one attached hydrogen (secondary N) is 1. The number of amides is 1. The molecule has 0 bridgehead atoms. The highest BCUT2D eigenvalue weighted by Gasteiger charge is 2.46. The topological polar surface area (TPSA) is 104 Å². The van der Waals surface area contributed by atoms with E-state index < -0.39 is 21.9 Å². The molecule has 8 heteroatoms. The molecule has 1 saturated heterocycles. The van der Waals surface area contributed by atoms with Gasteiger partial charge in [-0.05, 0) is 61.8 Å². The molecule has 0 unspecified atom stereocenters. The Labute approximate surface area is 152 Å². The lowest BCUT2D eigenvalue weighted by atomic mass is 9.92.